The highest BCUT2D eigenvalue weighted by atomic mass is 35.5. The van der Waals surface area contributed by atoms with E-state index < -0.39 is 0 Å². The van der Waals surface area contributed by atoms with Gasteiger partial charge >= 0.3 is 0 Å². The molecule has 0 aromatic rings. The maximum atomic E-state index is 12.1. The molecule has 4 aliphatic carbocycles. The number of halogens is 1. The molecule has 1 nitrogen and oxygen atoms in total. The second-order valence-electron chi connectivity index (χ2n) is 9.52. The van der Waals surface area contributed by atoms with Gasteiger partial charge in [0.15, 0.2) is 5.78 Å². The quantitative estimate of drug-likeness (QED) is 0.542. The fraction of sp³-hybridized carbons (Fsp3) is 0.950. The first kappa shape index (κ1) is 15.5. The molecule has 0 aliphatic heterocycles. The number of alkyl halides is 1. The van der Waals surface area contributed by atoms with E-state index in [-0.39, 0.29) is 5.38 Å². The van der Waals surface area contributed by atoms with Crippen LogP contribution in [0, 0.1) is 40.4 Å². The van der Waals surface area contributed by atoms with Gasteiger partial charge in [0.1, 0.15) is 0 Å². The van der Waals surface area contributed by atoms with Gasteiger partial charge in [-0.05, 0) is 85.4 Å². The molecule has 4 rings (SSSR count). The van der Waals surface area contributed by atoms with Crippen molar-refractivity contribution < 1.29 is 4.79 Å². The molecule has 4 fully saturated rings. The van der Waals surface area contributed by atoms with E-state index in [0.29, 0.717) is 22.5 Å². The molecule has 7 unspecified atom stereocenters. The molecular weight excluding hydrogens is 292 g/mol. The van der Waals surface area contributed by atoms with Crippen LogP contribution in [-0.4, -0.2) is 11.2 Å². The van der Waals surface area contributed by atoms with Crippen LogP contribution in [0.1, 0.15) is 72.1 Å². The van der Waals surface area contributed by atoms with Crippen molar-refractivity contribution in [1.82, 2.24) is 0 Å². The van der Waals surface area contributed by atoms with Crippen molar-refractivity contribution >= 4 is 17.4 Å². The topological polar surface area (TPSA) is 17.1 Å². The molecule has 0 heterocycles. The lowest BCUT2D eigenvalue weighted by molar-refractivity contribution is -0.138. The van der Waals surface area contributed by atoms with Crippen molar-refractivity contribution in [3.05, 3.63) is 0 Å². The van der Waals surface area contributed by atoms with Crippen molar-refractivity contribution in [3.8, 4) is 0 Å². The SMILES string of the molecule is CC1CCC2C3CCC4CC(=O)[C@H](Cl)CC4(C)C3CCC12C. The summed E-state index contributed by atoms with van der Waals surface area (Å²) in [5, 5.41) is -0.212. The number of carbonyl (C=O) groups is 1. The average Bonchev–Trinajstić information content (AvgIpc) is 2.77. The highest BCUT2D eigenvalue weighted by molar-refractivity contribution is 6.31. The fourth-order valence-corrected chi connectivity index (χ4v) is 7.74. The highest BCUT2D eigenvalue weighted by Crippen LogP contribution is 2.67. The summed E-state index contributed by atoms with van der Waals surface area (Å²) >= 11 is 6.42. The maximum Gasteiger partial charge on any atom is 0.150 e. The molecule has 4 saturated carbocycles. The van der Waals surface area contributed by atoms with Gasteiger partial charge < -0.3 is 0 Å². The molecule has 0 saturated heterocycles. The Morgan fingerprint density at radius 1 is 1.00 bits per heavy atom. The molecule has 0 bridgehead atoms. The van der Waals surface area contributed by atoms with Crippen LogP contribution in [0.3, 0.4) is 0 Å². The number of hydrogen-bond donors (Lipinski definition) is 0. The van der Waals surface area contributed by atoms with Crippen LogP contribution in [0.25, 0.3) is 0 Å². The largest absolute Gasteiger partial charge is 0.298 e. The number of rotatable bonds is 0. The van der Waals surface area contributed by atoms with Crippen molar-refractivity contribution in [2.45, 2.75) is 77.5 Å². The predicted octanol–water partition coefficient (Wildman–Crippen LogP) is 5.45. The lowest BCUT2D eigenvalue weighted by Crippen LogP contribution is -2.55. The molecule has 8 atom stereocenters. The number of carbonyl (C=O) groups excluding carboxylic acids is 1. The maximum absolute atomic E-state index is 12.1. The van der Waals surface area contributed by atoms with E-state index in [9.17, 15) is 4.79 Å². The van der Waals surface area contributed by atoms with Gasteiger partial charge in [-0.2, -0.15) is 0 Å². The summed E-state index contributed by atoms with van der Waals surface area (Å²) in [6.07, 6.45) is 10.0. The van der Waals surface area contributed by atoms with E-state index in [1.807, 2.05) is 0 Å². The van der Waals surface area contributed by atoms with Crippen LogP contribution in [0.4, 0.5) is 0 Å². The van der Waals surface area contributed by atoms with E-state index >= 15 is 0 Å². The first-order valence-corrected chi connectivity index (χ1v) is 9.96. The van der Waals surface area contributed by atoms with Gasteiger partial charge in [0.2, 0.25) is 0 Å². The van der Waals surface area contributed by atoms with Gasteiger partial charge in [-0.25, -0.2) is 0 Å². The van der Waals surface area contributed by atoms with Crippen molar-refractivity contribution in [1.29, 1.82) is 0 Å². The number of ketones is 1. The van der Waals surface area contributed by atoms with Crippen LogP contribution in [-0.2, 0) is 4.79 Å². The first-order chi connectivity index (χ1) is 10.4. The highest BCUT2D eigenvalue weighted by Gasteiger charge is 2.60. The first-order valence-electron chi connectivity index (χ1n) is 9.53. The Labute approximate surface area is 140 Å². The monoisotopic (exact) mass is 322 g/mol. The van der Waals surface area contributed by atoms with Gasteiger partial charge in [-0.1, -0.05) is 20.8 Å². The van der Waals surface area contributed by atoms with Crippen molar-refractivity contribution in [2.24, 2.45) is 40.4 Å². The standard InChI is InChI=1S/C20H31ClO/c1-12-4-7-15-14-6-5-13-10-18(22)17(21)11-20(13,3)16(14)8-9-19(12,15)2/h12-17H,4-11H2,1-3H3/t12?,13?,14?,15?,16?,17-,19?,20?/m1/s1. The minimum Gasteiger partial charge on any atom is -0.298 e. The second-order valence-corrected chi connectivity index (χ2v) is 10.0. The zero-order valence-electron chi connectivity index (χ0n) is 14.4. The molecule has 0 aromatic heterocycles. The summed E-state index contributed by atoms with van der Waals surface area (Å²) in [6, 6.07) is 0. The minimum atomic E-state index is -0.212. The summed E-state index contributed by atoms with van der Waals surface area (Å²) in [4.78, 5) is 12.1. The van der Waals surface area contributed by atoms with Crippen LogP contribution in [0.2, 0.25) is 0 Å². The number of Topliss-reactive ketones (excluding diaryl/α,β-unsaturated/α-hetero) is 1. The number of fused-ring (bicyclic) bond motifs is 5. The van der Waals surface area contributed by atoms with Crippen LogP contribution in [0.5, 0.6) is 0 Å². The molecule has 4 aliphatic rings. The zero-order chi connectivity index (χ0) is 15.7. The third-order valence-corrected chi connectivity index (χ3v) is 9.35. The summed E-state index contributed by atoms with van der Waals surface area (Å²) in [7, 11) is 0. The lowest BCUT2D eigenvalue weighted by atomic mass is 9.45. The Kier molecular flexibility index (Phi) is 3.50. The fourth-order valence-electron chi connectivity index (χ4n) is 7.32. The minimum absolute atomic E-state index is 0.212. The smallest absolute Gasteiger partial charge is 0.150 e. The summed E-state index contributed by atoms with van der Waals surface area (Å²) in [5.41, 5.74) is 0.922. The van der Waals surface area contributed by atoms with E-state index in [4.69, 9.17) is 11.6 Å². The Morgan fingerprint density at radius 2 is 1.73 bits per heavy atom. The average molecular weight is 323 g/mol. The summed E-state index contributed by atoms with van der Waals surface area (Å²) < 4.78 is 0. The Balaban J connectivity index is 1.65. The van der Waals surface area contributed by atoms with Crippen LogP contribution in [0.15, 0.2) is 0 Å². The van der Waals surface area contributed by atoms with Gasteiger partial charge in [0.25, 0.3) is 0 Å². The predicted molar refractivity (Wildman–Crippen MR) is 90.9 cm³/mol. The van der Waals surface area contributed by atoms with E-state index in [1.54, 1.807) is 0 Å². The molecule has 124 valence electrons. The van der Waals surface area contributed by atoms with Gasteiger partial charge in [-0.3, -0.25) is 4.79 Å². The zero-order valence-corrected chi connectivity index (χ0v) is 15.2. The molecule has 0 N–H and O–H groups in total. The molecule has 0 spiro atoms. The van der Waals surface area contributed by atoms with E-state index in [1.165, 1.54) is 38.5 Å². The lowest BCUT2D eigenvalue weighted by Gasteiger charge is -2.60. The Hall–Kier alpha value is -0.0400. The third kappa shape index (κ3) is 1.93. The van der Waals surface area contributed by atoms with E-state index in [0.717, 1.165) is 36.5 Å². The van der Waals surface area contributed by atoms with Gasteiger partial charge in [-0.15, -0.1) is 11.6 Å². The molecule has 0 amide bonds. The van der Waals surface area contributed by atoms with Crippen molar-refractivity contribution in [3.63, 3.8) is 0 Å². The Morgan fingerprint density at radius 3 is 2.50 bits per heavy atom. The summed E-state index contributed by atoms with van der Waals surface area (Å²) in [6.45, 7) is 7.55. The van der Waals surface area contributed by atoms with Crippen molar-refractivity contribution in [2.75, 3.05) is 0 Å². The van der Waals surface area contributed by atoms with Crippen LogP contribution >= 0.6 is 11.6 Å². The van der Waals surface area contributed by atoms with Gasteiger partial charge in [0.05, 0.1) is 5.38 Å². The number of hydrogen-bond acceptors (Lipinski definition) is 1. The second kappa shape index (κ2) is 4.98. The Bertz CT molecular complexity index is 488. The molecule has 22 heavy (non-hydrogen) atoms. The molecule has 0 radical (unpaired) electrons. The van der Waals surface area contributed by atoms with E-state index in [2.05, 4.69) is 20.8 Å². The molecular formula is C20H31ClO. The summed E-state index contributed by atoms with van der Waals surface area (Å²) in [5.74, 6) is 4.49. The molecule has 2 heteroatoms. The normalized spacial score (nSPS) is 57.9. The molecule has 0 aromatic carbocycles. The van der Waals surface area contributed by atoms with Gasteiger partial charge in [0, 0.05) is 6.42 Å². The third-order valence-electron chi connectivity index (χ3n) is 8.96. The van der Waals surface area contributed by atoms with Crippen LogP contribution < -0.4 is 0 Å².